The largest absolute Gasteiger partial charge is 0.350 e. The first kappa shape index (κ1) is 18.5. The summed E-state index contributed by atoms with van der Waals surface area (Å²) < 4.78 is 3.37. The second-order valence-electron chi connectivity index (χ2n) is 5.96. The highest BCUT2D eigenvalue weighted by Gasteiger charge is 2.16. The van der Waals surface area contributed by atoms with Gasteiger partial charge in [-0.1, -0.05) is 67.9 Å². The third-order valence-electron chi connectivity index (χ3n) is 4.07. The van der Waals surface area contributed by atoms with Crippen molar-refractivity contribution in [3.63, 3.8) is 0 Å². The lowest BCUT2D eigenvalue weighted by atomic mass is 10.1. The van der Waals surface area contributed by atoms with Crippen molar-refractivity contribution in [3.8, 4) is 11.1 Å². The highest BCUT2D eigenvalue weighted by Crippen LogP contribution is 2.29. The second-order valence-corrected chi connectivity index (χ2v) is 8.76. The Labute approximate surface area is 176 Å². The monoisotopic (exact) mass is 504 g/mol. The highest BCUT2D eigenvalue weighted by molar-refractivity contribution is 9.10. The molecule has 2 aromatic heterocycles. The molecule has 0 aliphatic heterocycles. The van der Waals surface area contributed by atoms with Crippen LogP contribution in [0.1, 0.15) is 11.3 Å². The van der Waals surface area contributed by atoms with Crippen LogP contribution in [0, 0.1) is 6.92 Å². The van der Waals surface area contributed by atoms with Crippen molar-refractivity contribution in [3.05, 3.63) is 79.2 Å². The molecule has 0 unspecified atom stereocenters. The second kappa shape index (κ2) is 7.61. The Morgan fingerprint density at radius 3 is 2.33 bits per heavy atom. The predicted molar refractivity (Wildman–Crippen MR) is 115 cm³/mol. The molecule has 4 rings (SSSR count). The Hall–Kier alpha value is -1.90. The van der Waals surface area contributed by atoms with Crippen molar-refractivity contribution in [1.29, 1.82) is 0 Å². The number of aromatic amines is 1. The number of halogens is 2. The zero-order valence-corrected chi connectivity index (χ0v) is 18.2. The Bertz CT molecular complexity index is 1170. The Kier molecular flexibility index (Phi) is 5.21. The third kappa shape index (κ3) is 3.88. The number of benzene rings is 2. The molecule has 0 spiro atoms. The number of aromatic nitrogens is 4. The average molecular weight is 506 g/mol. The first-order valence-electron chi connectivity index (χ1n) is 8.14. The zero-order valence-electron chi connectivity index (χ0n) is 14.2. The van der Waals surface area contributed by atoms with Crippen LogP contribution in [-0.4, -0.2) is 19.6 Å². The average Bonchev–Trinajstić information content (AvgIpc) is 2.99. The first-order chi connectivity index (χ1) is 13.0. The maximum absolute atomic E-state index is 12.5. The van der Waals surface area contributed by atoms with Gasteiger partial charge in [-0.25, -0.2) is 9.78 Å². The van der Waals surface area contributed by atoms with Gasteiger partial charge in [0.05, 0.1) is 5.69 Å². The number of nitrogens with zero attached hydrogens (tertiary/aromatic N) is 3. The van der Waals surface area contributed by atoms with Crippen molar-refractivity contribution in [2.24, 2.45) is 0 Å². The molecule has 0 aliphatic rings. The van der Waals surface area contributed by atoms with Gasteiger partial charge in [-0.3, -0.25) is 4.98 Å². The molecule has 0 fully saturated rings. The molecule has 0 atom stereocenters. The van der Waals surface area contributed by atoms with Crippen molar-refractivity contribution in [2.75, 3.05) is 0 Å². The predicted octanol–water partition coefficient (Wildman–Crippen LogP) is 5.21. The molecule has 0 bridgehead atoms. The normalized spacial score (nSPS) is 11.2. The number of fused-ring (bicyclic) bond motifs is 1. The highest BCUT2D eigenvalue weighted by atomic mass is 79.9. The van der Waals surface area contributed by atoms with E-state index in [-0.39, 0.29) is 5.69 Å². The molecule has 27 heavy (non-hydrogen) atoms. The van der Waals surface area contributed by atoms with Crippen LogP contribution in [0.3, 0.4) is 0 Å². The number of aryl methyl sites for hydroxylation is 1. The number of thioether (sulfide) groups is 1. The van der Waals surface area contributed by atoms with E-state index in [0.29, 0.717) is 16.6 Å². The molecular weight excluding hydrogens is 492 g/mol. The van der Waals surface area contributed by atoms with Crippen molar-refractivity contribution in [2.45, 2.75) is 17.8 Å². The third-order valence-corrected chi connectivity index (χ3v) is 6.07. The van der Waals surface area contributed by atoms with Crippen LogP contribution in [0.25, 0.3) is 16.8 Å². The molecule has 0 saturated heterocycles. The van der Waals surface area contributed by atoms with E-state index in [1.54, 1.807) is 0 Å². The number of hydrogen-bond donors (Lipinski definition) is 1. The Morgan fingerprint density at radius 2 is 1.67 bits per heavy atom. The van der Waals surface area contributed by atoms with E-state index < -0.39 is 0 Å². The molecule has 1 N–H and O–H groups in total. The summed E-state index contributed by atoms with van der Waals surface area (Å²) in [5.74, 6) is 0.715. The standard InChI is InChI=1S/C19H14Br2N4OS/c1-11-16(13-4-8-15(21)9-5-13)17-22-18(23-19(26)25(17)24-11)27-10-12-2-6-14(20)7-3-12/h2-9H,10H2,1H3,(H,22,23,26). The van der Waals surface area contributed by atoms with E-state index in [1.807, 2.05) is 55.5 Å². The summed E-state index contributed by atoms with van der Waals surface area (Å²) in [6.45, 7) is 1.89. The van der Waals surface area contributed by atoms with Crippen LogP contribution in [0.15, 0.2) is 67.4 Å². The lowest BCUT2D eigenvalue weighted by Crippen LogP contribution is -2.19. The Balaban J connectivity index is 1.73. The summed E-state index contributed by atoms with van der Waals surface area (Å²) >= 11 is 8.38. The maximum atomic E-state index is 12.5. The van der Waals surface area contributed by atoms with E-state index in [0.717, 1.165) is 31.3 Å². The minimum Gasteiger partial charge on any atom is -0.285 e. The van der Waals surface area contributed by atoms with E-state index in [4.69, 9.17) is 0 Å². The molecule has 0 radical (unpaired) electrons. The fourth-order valence-corrected chi connectivity index (χ4v) is 4.12. The fraction of sp³-hybridized carbons (Fsp3) is 0.105. The van der Waals surface area contributed by atoms with Gasteiger partial charge in [0, 0.05) is 20.3 Å². The van der Waals surface area contributed by atoms with Crippen molar-refractivity contribution < 1.29 is 0 Å². The molecular formula is C19H14Br2N4OS. The summed E-state index contributed by atoms with van der Waals surface area (Å²) in [5.41, 5.74) is 4.06. The SMILES string of the molecule is Cc1nn2c(=O)[nH]c(SCc3ccc(Br)cc3)nc2c1-c1ccc(Br)cc1. The van der Waals surface area contributed by atoms with E-state index >= 15 is 0 Å². The van der Waals surface area contributed by atoms with Gasteiger partial charge in [0.2, 0.25) is 0 Å². The number of H-pyrrole nitrogens is 1. The quantitative estimate of drug-likeness (QED) is 0.386. The van der Waals surface area contributed by atoms with Gasteiger partial charge >= 0.3 is 5.69 Å². The first-order valence-corrected chi connectivity index (χ1v) is 10.7. The van der Waals surface area contributed by atoms with Crippen LogP contribution < -0.4 is 5.69 Å². The maximum Gasteiger partial charge on any atom is 0.350 e. The minimum atomic E-state index is -0.287. The molecule has 0 amide bonds. The van der Waals surface area contributed by atoms with Crippen LogP contribution in [0.4, 0.5) is 0 Å². The fourth-order valence-electron chi connectivity index (χ4n) is 2.78. The number of nitrogens with one attached hydrogen (secondary N) is 1. The van der Waals surface area contributed by atoms with Gasteiger partial charge in [-0.15, -0.1) is 0 Å². The molecule has 2 aromatic carbocycles. The Morgan fingerprint density at radius 1 is 1.04 bits per heavy atom. The number of rotatable bonds is 4. The lowest BCUT2D eigenvalue weighted by molar-refractivity contribution is 0.780. The smallest absolute Gasteiger partial charge is 0.285 e. The van der Waals surface area contributed by atoms with Gasteiger partial charge in [-0.05, 0) is 42.3 Å². The minimum absolute atomic E-state index is 0.287. The van der Waals surface area contributed by atoms with Gasteiger partial charge in [0.15, 0.2) is 10.8 Å². The van der Waals surface area contributed by atoms with Crippen LogP contribution in [0.2, 0.25) is 0 Å². The molecule has 0 saturated carbocycles. The van der Waals surface area contributed by atoms with Crippen LogP contribution in [0.5, 0.6) is 0 Å². The summed E-state index contributed by atoms with van der Waals surface area (Å²) in [6.07, 6.45) is 0. The van der Waals surface area contributed by atoms with Gasteiger partial charge in [0.1, 0.15) is 0 Å². The van der Waals surface area contributed by atoms with E-state index in [2.05, 4.69) is 46.9 Å². The van der Waals surface area contributed by atoms with E-state index in [1.165, 1.54) is 16.3 Å². The van der Waals surface area contributed by atoms with Gasteiger partial charge < -0.3 is 0 Å². The topological polar surface area (TPSA) is 63.1 Å². The van der Waals surface area contributed by atoms with E-state index in [9.17, 15) is 4.79 Å². The molecule has 2 heterocycles. The summed E-state index contributed by atoms with van der Waals surface area (Å²) in [5, 5.41) is 4.94. The summed E-state index contributed by atoms with van der Waals surface area (Å²) in [4.78, 5) is 20.0. The van der Waals surface area contributed by atoms with Gasteiger partial charge in [0.25, 0.3) is 0 Å². The molecule has 0 aliphatic carbocycles. The molecule has 8 heteroatoms. The van der Waals surface area contributed by atoms with Crippen LogP contribution >= 0.6 is 43.6 Å². The molecule has 4 aromatic rings. The lowest BCUT2D eigenvalue weighted by Gasteiger charge is -2.04. The molecule has 5 nitrogen and oxygen atoms in total. The summed E-state index contributed by atoms with van der Waals surface area (Å²) in [6, 6.07) is 16.0. The van der Waals surface area contributed by atoms with Gasteiger partial charge in [-0.2, -0.15) is 9.61 Å². The van der Waals surface area contributed by atoms with Crippen molar-refractivity contribution in [1.82, 2.24) is 19.6 Å². The van der Waals surface area contributed by atoms with Crippen molar-refractivity contribution >= 4 is 49.3 Å². The van der Waals surface area contributed by atoms with Crippen LogP contribution in [-0.2, 0) is 5.75 Å². The number of hydrogen-bond acceptors (Lipinski definition) is 4. The molecule has 136 valence electrons. The summed E-state index contributed by atoms with van der Waals surface area (Å²) in [7, 11) is 0. The zero-order chi connectivity index (χ0) is 19.0.